The lowest BCUT2D eigenvalue weighted by Gasteiger charge is -2.39. The van der Waals surface area contributed by atoms with Gasteiger partial charge in [-0.05, 0) is 57.6 Å². The zero-order valence-electron chi connectivity index (χ0n) is 27.9. The van der Waals surface area contributed by atoms with Gasteiger partial charge in [-0.25, -0.2) is 15.0 Å². The van der Waals surface area contributed by atoms with Crippen LogP contribution in [0.3, 0.4) is 0 Å². The molecular formula is C47H28N4O. The fourth-order valence-electron chi connectivity index (χ4n) is 7.93. The quantitative estimate of drug-likeness (QED) is 0.187. The van der Waals surface area contributed by atoms with Crippen LogP contribution in [0.15, 0.2) is 170 Å². The van der Waals surface area contributed by atoms with Crippen LogP contribution in [-0.2, 0) is 5.41 Å². The van der Waals surface area contributed by atoms with Crippen LogP contribution in [0.4, 0.5) is 0 Å². The fraction of sp³-hybridized carbons (Fsp3) is 0.0213. The van der Waals surface area contributed by atoms with Gasteiger partial charge in [0.25, 0.3) is 0 Å². The topological polar surface area (TPSA) is 71.7 Å². The van der Waals surface area contributed by atoms with E-state index in [1.54, 1.807) is 0 Å². The first-order valence-corrected chi connectivity index (χ1v) is 17.2. The van der Waals surface area contributed by atoms with Gasteiger partial charge in [0.15, 0.2) is 17.5 Å². The van der Waals surface area contributed by atoms with E-state index in [1.807, 2.05) is 84.9 Å². The van der Waals surface area contributed by atoms with Crippen molar-refractivity contribution in [3.8, 4) is 74.0 Å². The first-order valence-electron chi connectivity index (χ1n) is 17.2. The first kappa shape index (κ1) is 29.7. The third-order valence-electron chi connectivity index (χ3n) is 10.2. The number of nitriles is 1. The summed E-state index contributed by atoms with van der Waals surface area (Å²) in [5.41, 5.74) is 11.9. The van der Waals surface area contributed by atoms with Gasteiger partial charge in [0, 0.05) is 27.8 Å². The summed E-state index contributed by atoms with van der Waals surface area (Å²) >= 11 is 0. The van der Waals surface area contributed by atoms with Crippen LogP contribution >= 0.6 is 0 Å². The summed E-state index contributed by atoms with van der Waals surface area (Å²) in [6.07, 6.45) is 0. The highest BCUT2D eigenvalue weighted by Crippen LogP contribution is 2.62. The maximum Gasteiger partial charge on any atom is 0.164 e. The molecule has 0 saturated carbocycles. The van der Waals surface area contributed by atoms with Gasteiger partial charge in [0.1, 0.15) is 11.5 Å². The smallest absolute Gasteiger partial charge is 0.164 e. The monoisotopic (exact) mass is 664 g/mol. The number of nitrogens with zero attached hydrogens (tertiary/aromatic N) is 4. The number of para-hydroxylation sites is 1. The Morgan fingerprint density at radius 3 is 1.62 bits per heavy atom. The second kappa shape index (κ2) is 11.7. The number of hydrogen-bond donors (Lipinski definition) is 0. The van der Waals surface area contributed by atoms with Crippen molar-refractivity contribution >= 4 is 0 Å². The predicted molar refractivity (Wildman–Crippen MR) is 204 cm³/mol. The molecule has 1 aromatic heterocycles. The molecule has 5 heteroatoms. The minimum Gasteiger partial charge on any atom is -0.457 e. The van der Waals surface area contributed by atoms with Crippen molar-refractivity contribution in [2.45, 2.75) is 5.41 Å². The maximum absolute atomic E-state index is 9.40. The highest BCUT2D eigenvalue weighted by Gasteiger charge is 2.50. The van der Waals surface area contributed by atoms with E-state index in [4.69, 9.17) is 19.7 Å². The van der Waals surface area contributed by atoms with Crippen molar-refractivity contribution in [3.63, 3.8) is 0 Å². The van der Waals surface area contributed by atoms with Crippen molar-refractivity contribution in [1.29, 1.82) is 5.26 Å². The average Bonchev–Trinajstić information content (AvgIpc) is 3.51. The molecule has 0 saturated heterocycles. The lowest BCUT2D eigenvalue weighted by Crippen LogP contribution is -2.32. The standard InChI is InChI=1S/C47H28N4O/c48-29-30-11-10-14-34(27-30)31-21-23-33(24-22-31)45-49-44(32-12-2-1-3-13-32)50-46(51-45)35-25-26-41-43(28-35)52-42-20-9-8-19-40(42)47(41)38-17-6-4-15-36(38)37-16-5-7-18-39(37)47/h1-28H. The molecule has 242 valence electrons. The first-order chi connectivity index (χ1) is 25.7. The van der Waals surface area contributed by atoms with Crippen molar-refractivity contribution < 1.29 is 4.74 Å². The molecule has 10 rings (SSSR count). The molecule has 7 aromatic carbocycles. The second-order valence-corrected chi connectivity index (χ2v) is 13.1. The lowest BCUT2D eigenvalue weighted by atomic mass is 9.66. The summed E-state index contributed by atoms with van der Waals surface area (Å²) in [4.78, 5) is 15.0. The molecule has 0 atom stereocenters. The van der Waals surface area contributed by atoms with Gasteiger partial charge in [-0.3, -0.25) is 0 Å². The Labute approximate surface area is 301 Å². The largest absolute Gasteiger partial charge is 0.457 e. The van der Waals surface area contributed by atoms with Gasteiger partial charge in [-0.2, -0.15) is 5.26 Å². The second-order valence-electron chi connectivity index (χ2n) is 13.1. The molecular weight excluding hydrogens is 637 g/mol. The van der Waals surface area contributed by atoms with Crippen LogP contribution in [0.25, 0.3) is 56.4 Å². The van der Waals surface area contributed by atoms with Gasteiger partial charge in [0.05, 0.1) is 17.0 Å². The number of hydrogen-bond acceptors (Lipinski definition) is 5. The normalized spacial score (nSPS) is 12.9. The van der Waals surface area contributed by atoms with E-state index < -0.39 is 5.41 Å². The SMILES string of the molecule is N#Cc1cccc(-c2ccc(-c3nc(-c4ccccc4)nc(-c4ccc5c(c4)Oc4ccccc4C54c5ccccc5-c5ccccc54)n3)cc2)c1. The molecule has 5 nitrogen and oxygen atoms in total. The molecule has 0 bridgehead atoms. The lowest BCUT2D eigenvalue weighted by molar-refractivity contribution is 0.436. The summed E-state index contributed by atoms with van der Waals surface area (Å²) in [5.74, 6) is 3.32. The van der Waals surface area contributed by atoms with E-state index in [0.29, 0.717) is 23.0 Å². The predicted octanol–water partition coefficient (Wildman–Crippen LogP) is 10.9. The minimum atomic E-state index is -0.538. The minimum absolute atomic E-state index is 0.538. The van der Waals surface area contributed by atoms with Crippen LogP contribution in [0, 0.1) is 11.3 Å². The van der Waals surface area contributed by atoms with Gasteiger partial charge in [-0.15, -0.1) is 0 Å². The molecule has 1 spiro atoms. The van der Waals surface area contributed by atoms with E-state index in [9.17, 15) is 5.26 Å². The summed E-state index contributed by atoms with van der Waals surface area (Å²) < 4.78 is 6.77. The summed E-state index contributed by atoms with van der Waals surface area (Å²) in [5, 5.41) is 9.40. The number of aromatic nitrogens is 3. The van der Waals surface area contributed by atoms with Gasteiger partial charge >= 0.3 is 0 Å². The Morgan fingerprint density at radius 1 is 0.404 bits per heavy atom. The Morgan fingerprint density at radius 2 is 0.923 bits per heavy atom. The molecule has 2 aliphatic rings. The van der Waals surface area contributed by atoms with Gasteiger partial charge in [0.2, 0.25) is 0 Å². The Balaban J connectivity index is 1.14. The Kier molecular flexibility index (Phi) is 6.70. The molecule has 1 aliphatic heterocycles. The number of rotatable bonds is 4. The molecule has 0 radical (unpaired) electrons. The van der Waals surface area contributed by atoms with E-state index in [0.717, 1.165) is 50.4 Å². The molecule has 2 heterocycles. The summed E-state index contributed by atoms with van der Waals surface area (Å²) in [7, 11) is 0. The summed E-state index contributed by atoms with van der Waals surface area (Å²) in [6, 6.07) is 60.2. The van der Waals surface area contributed by atoms with Gasteiger partial charge in [-0.1, -0.05) is 146 Å². The fourth-order valence-corrected chi connectivity index (χ4v) is 7.93. The van der Waals surface area contributed by atoms with Crippen molar-refractivity contribution in [3.05, 3.63) is 198 Å². The van der Waals surface area contributed by atoms with Crippen LogP contribution in [0.2, 0.25) is 0 Å². The average molecular weight is 665 g/mol. The van der Waals surface area contributed by atoms with Crippen molar-refractivity contribution in [1.82, 2.24) is 15.0 Å². The Bertz CT molecular complexity index is 2680. The number of ether oxygens (including phenoxy) is 1. The molecule has 0 fully saturated rings. The third-order valence-corrected chi connectivity index (χ3v) is 10.2. The van der Waals surface area contributed by atoms with E-state index >= 15 is 0 Å². The van der Waals surface area contributed by atoms with Crippen LogP contribution in [0.1, 0.15) is 27.8 Å². The molecule has 8 aromatic rings. The third kappa shape index (κ3) is 4.52. The van der Waals surface area contributed by atoms with Crippen molar-refractivity contribution in [2.75, 3.05) is 0 Å². The van der Waals surface area contributed by atoms with Gasteiger partial charge < -0.3 is 4.74 Å². The molecule has 0 amide bonds. The van der Waals surface area contributed by atoms with E-state index in [-0.39, 0.29) is 0 Å². The number of fused-ring (bicyclic) bond motifs is 9. The Hall–Kier alpha value is -7.16. The van der Waals surface area contributed by atoms with Crippen LogP contribution in [0.5, 0.6) is 11.5 Å². The molecule has 1 aliphatic carbocycles. The molecule has 52 heavy (non-hydrogen) atoms. The number of benzene rings is 7. The molecule has 0 N–H and O–H groups in total. The molecule has 0 unspecified atom stereocenters. The summed E-state index contributed by atoms with van der Waals surface area (Å²) in [6.45, 7) is 0. The maximum atomic E-state index is 9.40. The van der Waals surface area contributed by atoms with E-state index in [1.165, 1.54) is 22.3 Å². The van der Waals surface area contributed by atoms with Crippen LogP contribution < -0.4 is 4.74 Å². The highest BCUT2D eigenvalue weighted by atomic mass is 16.5. The van der Waals surface area contributed by atoms with E-state index in [2.05, 4.69) is 91.0 Å². The van der Waals surface area contributed by atoms with Crippen LogP contribution in [-0.4, -0.2) is 15.0 Å². The van der Waals surface area contributed by atoms with Crippen molar-refractivity contribution in [2.24, 2.45) is 0 Å². The highest BCUT2D eigenvalue weighted by molar-refractivity contribution is 5.89. The zero-order valence-corrected chi connectivity index (χ0v) is 27.9. The zero-order chi connectivity index (χ0) is 34.6.